The molecule has 1 aromatic heterocycles. The van der Waals surface area contributed by atoms with Crippen LogP contribution in [0.1, 0.15) is 38.0 Å². The van der Waals surface area contributed by atoms with Crippen molar-refractivity contribution in [2.75, 3.05) is 17.3 Å². The number of rotatable bonds is 7. The average molecular weight is 505 g/mol. The predicted octanol–water partition coefficient (Wildman–Crippen LogP) is 3.18. The van der Waals surface area contributed by atoms with E-state index in [-0.39, 0.29) is 30.8 Å². The molecular weight excluding hydrogens is 472 g/mol. The molecule has 0 aliphatic carbocycles. The number of fused-ring (bicyclic) bond motifs is 1. The van der Waals surface area contributed by atoms with Gasteiger partial charge in [0.2, 0.25) is 11.8 Å². The number of carbonyl (C=O) groups excluding carboxylic acids is 3. The molecule has 2 aromatic carbocycles. The van der Waals surface area contributed by atoms with Crippen molar-refractivity contribution in [1.82, 2.24) is 15.8 Å². The Morgan fingerprint density at radius 1 is 1.16 bits per heavy atom. The molecule has 0 radical (unpaired) electrons. The summed E-state index contributed by atoms with van der Waals surface area (Å²) in [4.78, 5) is 39.7. The monoisotopic (exact) mass is 504 g/mol. The van der Waals surface area contributed by atoms with Crippen LogP contribution < -0.4 is 26.6 Å². The Hall–Kier alpha value is -4.18. The molecule has 0 saturated carbocycles. The van der Waals surface area contributed by atoms with E-state index < -0.39 is 11.6 Å². The lowest BCUT2D eigenvalue weighted by Gasteiger charge is -2.26. The van der Waals surface area contributed by atoms with Crippen molar-refractivity contribution in [2.45, 2.75) is 51.2 Å². The Bertz CT molecular complexity index is 1300. The lowest BCUT2D eigenvalue weighted by molar-refractivity contribution is -0.128. The normalized spacial score (nSPS) is 15.5. The third kappa shape index (κ3) is 6.34. The van der Waals surface area contributed by atoms with Crippen molar-refractivity contribution < 1.29 is 18.9 Å². The van der Waals surface area contributed by atoms with Gasteiger partial charge in [0.15, 0.2) is 5.76 Å². The van der Waals surface area contributed by atoms with Crippen LogP contribution in [-0.4, -0.2) is 41.6 Å². The number of anilines is 2. The third-order valence-corrected chi connectivity index (χ3v) is 6.05. The molecule has 1 aliphatic rings. The van der Waals surface area contributed by atoms with Crippen LogP contribution in [-0.2, 0) is 22.6 Å². The maximum Gasteiger partial charge on any atom is 0.318 e. The van der Waals surface area contributed by atoms with E-state index in [1.54, 1.807) is 30.9 Å². The first-order valence-corrected chi connectivity index (χ1v) is 12.2. The van der Waals surface area contributed by atoms with Gasteiger partial charge < -0.3 is 31.1 Å². The van der Waals surface area contributed by atoms with Gasteiger partial charge in [0.05, 0.1) is 12.2 Å². The number of carbonyl (C=O) groups is 3. The molecule has 0 spiro atoms. The number of hydrogen-bond donors (Lipinski definition) is 4. The van der Waals surface area contributed by atoms with Crippen LogP contribution in [0.2, 0.25) is 0 Å². The first kappa shape index (κ1) is 25.9. The molecule has 1 atom stereocenters. The van der Waals surface area contributed by atoms with Gasteiger partial charge in [-0.3, -0.25) is 9.59 Å². The first-order chi connectivity index (χ1) is 17.6. The SMILES string of the molecule is CNC(=O)Nc1ccccc1-c1cc(CN2C(=O)[C@H](NC(=O)CC(C)(C)N)CCc3ccccc32)on1. The number of nitrogens with zero attached hydrogens (tertiary/aromatic N) is 2. The van der Waals surface area contributed by atoms with Crippen LogP contribution in [0.5, 0.6) is 0 Å². The van der Waals surface area contributed by atoms with Crippen LogP contribution in [0.4, 0.5) is 16.2 Å². The van der Waals surface area contributed by atoms with Crippen molar-refractivity contribution >= 4 is 29.2 Å². The van der Waals surface area contributed by atoms with Crippen molar-refractivity contribution in [2.24, 2.45) is 5.73 Å². The Balaban J connectivity index is 1.60. The zero-order valence-electron chi connectivity index (χ0n) is 21.2. The molecule has 0 bridgehead atoms. The second-order valence-corrected chi connectivity index (χ2v) is 9.81. The summed E-state index contributed by atoms with van der Waals surface area (Å²) >= 11 is 0. The number of aryl methyl sites for hydroxylation is 1. The van der Waals surface area contributed by atoms with Gasteiger partial charge in [0.25, 0.3) is 0 Å². The fraction of sp³-hybridized carbons (Fsp3) is 0.333. The van der Waals surface area contributed by atoms with Crippen LogP contribution in [0.15, 0.2) is 59.1 Å². The van der Waals surface area contributed by atoms with Crippen molar-refractivity contribution in [3.63, 3.8) is 0 Å². The molecule has 3 aromatic rings. The van der Waals surface area contributed by atoms with Crippen LogP contribution in [0.3, 0.4) is 0 Å². The standard InChI is InChI=1S/C27H32N6O4/c1-27(2,28)15-24(34)30-21-13-12-17-8-4-7-11-23(17)33(25(21)35)16-18-14-22(32-37-18)19-9-5-6-10-20(19)31-26(36)29-3/h4-11,14,21H,12-13,15-16,28H2,1-3H3,(H,30,34)(H2,29,31,36)/t21-/m1/s1. The molecule has 37 heavy (non-hydrogen) atoms. The predicted molar refractivity (Wildman–Crippen MR) is 141 cm³/mol. The van der Waals surface area contributed by atoms with E-state index in [2.05, 4.69) is 21.1 Å². The number of amides is 4. The Labute approximate surface area is 215 Å². The number of benzene rings is 2. The number of aromatic nitrogens is 1. The molecule has 4 amide bonds. The Morgan fingerprint density at radius 2 is 1.89 bits per heavy atom. The minimum absolute atomic E-state index is 0.110. The van der Waals surface area contributed by atoms with E-state index in [9.17, 15) is 14.4 Å². The Kier molecular flexibility index (Phi) is 7.58. The number of urea groups is 1. The second-order valence-electron chi connectivity index (χ2n) is 9.81. The molecule has 2 heterocycles. The molecule has 10 heteroatoms. The van der Waals surface area contributed by atoms with Gasteiger partial charge >= 0.3 is 6.03 Å². The topological polar surface area (TPSA) is 143 Å². The summed E-state index contributed by atoms with van der Waals surface area (Å²) in [5, 5.41) is 12.4. The highest BCUT2D eigenvalue weighted by Crippen LogP contribution is 2.31. The minimum Gasteiger partial charge on any atom is -0.359 e. The van der Waals surface area contributed by atoms with E-state index in [1.165, 1.54) is 7.05 Å². The average Bonchev–Trinajstić information content (AvgIpc) is 3.28. The summed E-state index contributed by atoms with van der Waals surface area (Å²) in [6.07, 6.45) is 1.22. The van der Waals surface area contributed by atoms with E-state index in [0.717, 1.165) is 11.3 Å². The van der Waals surface area contributed by atoms with Gasteiger partial charge in [-0.2, -0.15) is 0 Å². The fourth-order valence-corrected chi connectivity index (χ4v) is 4.34. The second kappa shape index (κ2) is 10.8. The highest BCUT2D eigenvalue weighted by molar-refractivity contribution is 6.00. The summed E-state index contributed by atoms with van der Waals surface area (Å²) in [7, 11) is 1.54. The quantitative estimate of drug-likeness (QED) is 0.389. The molecule has 0 saturated heterocycles. The van der Waals surface area contributed by atoms with Crippen molar-refractivity contribution in [1.29, 1.82) is 0 Å². The van der Waals surface area contributed by atoms with E-state index in [0.29, 0.717) is 35.5 Å². The Morgan fingerprint density at radius 3 is 2.65 bits per heavy atom. The largest absolute Gasteiger partial charge is 0.359 e. The molecule has 0 unspecified atom stereocenters. The first-order valence-electron chi connectivity index (χ1n) is 12.2. The number of nitrogens with two attached hydrogens (primary N) is 1. The zero-order chi connectivity index (χ0) is 26.6. The number of hydrogen-bond acceptors (Lipinski definition) is 6. The summed E-state index contributed by atoms with van der Waals surface area (Å²) < 4.78 is 5.62. The van der Waals surface area contributed by atoms with Gasteiger partial charge in [-0.1, -0.05) is 41.6 Å². The minimum atomic E-state index is -0.692. The third-order valence-electron chi connectivity index (χ3n) is 6.05. The van der Waals surface area contributed by atoms with Gasteiger partial charge in [-0.25, -0.2) is 4.79 Å². The molecular formula is C27H32N6O4. The summed E-state index contributed by atoms with van der Waals surface area (Å²) in [5.41, 5.74) is 8.86. The summed E-state index contributed by atoms with van der Waals surface area (Å²) in [5.74, 6) is -0.0327. The van der Waals surface area contributed by atoms with E-state index in [4.69, 9.17) is 10.3 Å². The van der Waals surface area contributed by atoms with Crippen LogP contribution >= 0.6 is 0 Å². The summed E-state index contributed by atoms with van der Waals surface area (Å²) in [6, 6.07) is 15.6. The highest BCUT2D eigenvalue weighted by Gasteiger charge is 2.33. The van der Waals surface area contributed by atoms with Crippen LogP contribution in [0.25, 0.3) is 11.3 Å². The molecule has 5 N–H and O–H groups in total. The van der Waals surface area contributed by atoms with Crippen LogP contribution in [0, 0.1) is 0 Å². The lowest BCUT2D eigenvalue weighted by Crippen LogP contribution is -2.49. The van der Waals surface area contributed by atoms with Gasteiger partial charge in [-0.15, -0.1) is 0 Å². The van der Waals surface area contributed by atoms with Crippen molar-refractivity contribution in [3.8, 4) is 11.3 Å². The molecule has 10 nitrogen and oxygen atoms in total. The van der Waals surface area contributed by atoms with Crippen molar-refractivity contribution in [3.05, 3.63) is 65.9 Å². The lowest BCUT2D eigenvalue weighted by atomic mass is 10.0. The maximum absolute atomic E-state index is 13.7. The smallest absolute Gasteiger partial charge is 0.318 e. The molecule has 4 rings (SSSR count). The van der Waals surface area contributed by atoms with E-state index in [1.807, 2.05) is 42.5 Å². The number of para-hydroxylation sites is 2. The maximum atomic E-state index is 13.7. The molecule has 1 aliphatic heterocycles. The molecule has 0 fully saturated rings. The van der Waals surface area contributed by atoms with Gasteiger partial charge in [0.1, 0.15) is 11.7 Å². The van der Waals surface area contributed by atoms with E-state index >= 15 is 0 Å². The molecule has 194 valence electrons. The summed E-state index contributed by atoms with van der Waals surface area (Å²) in [6.45, 7) is 3.67. The van der Waals surface area contributed by atoms with Gasteiger partial charge in [0, 0.05) is 36.3 Å². The highest BCUT2D eigenvalue weighted by atomic mass is 16.5. The fourth-order valence-electron chi connectivity index (χ4n) is 4.34. The zero-order valence-corrected chi connectivity index (χ0v) is 21.2. The van der Waals surface area contributed by atoms with Gasteiger partial charge in [-0.05, 0) is 44.4 Å². The number of nitrogens with one attached hydrogen (secondary N) is 3.